The van der Waals surface area contributed by atoms with Gasteiger partial charge in [0.1, 0.15) is 5.69 Å². The summed E-state index contributed by atoms with van der Waals surface area (Å²) in [6.45, 7) is 2.76. The Morgan fingerprint density at radius 2 is 2.36 bits per heavy atom. The predicted molar refractivity (Wildman–Crippen MR) is 45.1 cm³/mol. The van der Waals surface area contributed by atoms with Gasteiger partial charge >= 0.3 is 5.92 Å². The molecule has 1 aromatic heterocycles. The summed E-state index contributed by atoms with van der Waals surface area (Å²) in [5.74, 6) is -4.40. The van der Waals surface area contributed by atoms with Crippen LogP contribution in [0, 0.1) is 6.92 Å². The van der Waals surface area contributed by atoms with Crippen LogP contribution in [-0.2, 0) is 4.79 Å². The number of aryl methyl sites for hydroxylation is 1. The molecule has 0 radical (unpaired) electrons. The lowest BCUT2D eigenvalue weighted by molar-refractivity contribution is -0.139. The topological polar surface area (TPSA) is 55.1 Å². The van der Waals surface area contributed by atoms with Crippen molar-refractivity contribution in [3.05, 3.63) is 12.0 Å². The van der Waals surface area contributed by atoms with E-state index in [1.54, 1.807) is 0 Å². The monoisotopic (exact) mass is 204 g/mol. The second kappa shape index (κ2) is 3.73. The Labute approximate surface area is 79.3 Å². The van der Waals surface area contributed by atoms with Crippen LogP contribution in [0.15, 0.2) is 10.7 Å². The lowest BCUT2D eigenvalue weighted by atomic mass is 10.2. The van der Waals surface area contributed by atoms with E-state index in [0.29, 0.717) is 5.76 Å². The van der Waals surface area contributed by atoms with Crippen LogP contribution in [0.4, 0.5) is 14.5 Å². The Balaban J connectivity index is 2.71. The van der Waals surface area contributed by atoms with Gasteiger partial charge in [-0.05, 0) is 6.92 Å². The van der Waals surface area contributed by atoms with Crippen molar-refractivity contribution in [2.75, 3.05) is 5.32 Å². The van der Waals surface area contributed by atoms with Crippen molar-refractivity contribution in [2.24, 2.45) is 0 Å². The molecule has 1 N–H and O–H groups in total. The molecule has 0 saturated carbocycles. The first-order valence-corrected chi connectivity index (χ1v) is 4.08. The van der Waals surface area contributed by atoms with Crippen molar-refractivity contribution < 1.29 is 18.1 Å². The van der Waals surface area contributed by atoms with Crippen molar-refractivity contribution in [2.45, 2.75) is 26.2 Å². The zero-order valence-corrected chi connectivity index (χ0v) is 7.80. The van der Waals surface area contributed by atoms with Gasteiger partial charge in [0.05, 0.1) is 6.20 Å². The largest absolute Gasteiger partial charge is 0.359 e. The number of aromatic nitrogens is 1. The molecule has 6 heteroatoms. The van der Waals surface area contributed by atoms with E-state index in [0.717, 1.165) is 0 Å². The number of hydrogen-bond acceptors (Lipinski definition) is 3. The number of rotatable bonds is 3. The average molecular weight is 204 g/mol. The molecule has 0 bridgehead atoms. The number of anilines is 1. The maximum absolute atomic E-state index is 12.8. The van der Waals surface area contributed by atoms with Crippen LogP contribution in [0.2, 0.25) is 0 Å². The zero-order chi connectivity index (χ0) is 10.8. The van der Waals surface area contributed by atoms with Crippen LogP contribution >= 0.6 is 0 Å². The maximum Gasteiger partial charge on any atom is 0.324 e. The molecule has 14 heavy (non-hydrogen) atoms. The van der Waals surface area contributed by atoms with Gasteiger partial charge in [-0.2, -0.15) is 8.78 Å². The molecule has 0 aromatic carbocycles. The molecule has 1 rings (SSSR count). The molecular weight excluding hydrogens is 194 g/mol. The highest BCUT2D eigenvalue weighted by atomic mass is 19.3. The lowest BCUT2D eigenvalue weighted by Gasteiger charge is -2.12. The highest BCUT2D eigenvalue weighted by Crippen LogP contribution is 2.21. The van der Waals surface area contributed by atoms with Gasteiger partial charge in [0.2, 0.25) is 0 Å². The van der Waals surface area contributed by atoms with Crippen molar-refractivity contribution in [1.82, 2.24) is 5.16 Å². The van der Waals surface area contributed by atoms with Crippen LogP contribution in [0.1, 0.15) is 19.1 Å². The van der Waals surface area contributed by atoms with Crippen LogP contribution in [0.3, 0.4) is 0 Å². The molecule has 0 saturated heterocycles. The Bertz CT molecular complexity index is 336. The Hall–Kier alpha value is -1.46. The molecule has 0 unspecified atom stereocenters. The van der Waals surface area contributed by atoms with E-state index < -0.39 is 18.3 Å². The van der Waals surface area contributed by atoms with Crippen LogP contribution in [0.5, 0.6) is 0 Å². The second-order valence-electron chi connectivity index (χ2n) is 2.81. The minimum absolute atomic E-state index is 0.170. The maximum atomic E-state index is 12.8. The Morgan fingerprint density at radius 3 is 2.79 bits per heavy atom. The first kappa shape index (κ1) is 10.6. The average Bonchev–Trinajstić information content (AvgIpc) is 2.52. The molecule has 1 aromatic rings. The number of carbonyl (C=O) groups is 1. The van der Waals surface area contributed by atoms with Crippen molar-refractivity contribution in [1.29, 1.82) is 0 Å². The Morgan fingerprint density at radius 1 is 1.71 bits per heavy atom. The van der Waals surface area contributed by atoms with E-state index in [1.165, 1.54) is 20.0 Å². The summed E-state index contributed by atoms with van der Waals surface area (Å²) in [4.78, 5) is 11.0. The second-order valence-corrected chi connectivity index (χ2v) is 2.81. The quantitative estimate of drug-likeness (QED) is 0.818. The van der Waals surface area contributed by atoms with E-state index in [1.807, 2.05) is 5.32 Å². The summed E-state index contributed by atoms with van der Waals surface area (Å²) in [6, 6.07) is 0. The summed E-state index contributed by atoms with van der Waals surface area (Å²) in [7, 11) is 0. The fourth-order valence-electron chi connectivity index (χ4n) is 0.793. The lowest BCUT2D eigenvalue weighted by Crippen LogP contribution is -2.33. The van der Waals surface area contributed by atoms with Crippen LogP contribution in [0.25, 0.3) is 0 Å². The number of amides is 1. The van der Waals surface area contributed by atoms with E-state index in [4.69, 9.17) is 0 Å². The summed E-state index contributed by atoms with van der Waals surface area (Å²) in [6.07, 6.45) is 0.641. The minimum atomic E-state index is -3.36. The molecule has 0 aliphatic carbocycles. The van der Waals surface area contributed by atoms with Gasteiger partial charge in [-0.1, -0.05) is 12.1 Å². The number of hydrogen-bond donors (Lipinski definition) is 1. The van der Waals surface area contributed by atoms with Crippen molar-refractivity contribution >= 4 is 11.6 Å². The molecule has 1 heterocycles. The number of halogens is 2. The molecule has 0 aliphatic rings. The van der Waals surface area contributed by atoms with Gasteiger partial charge < -0.3 is 9.84 Å². The third-order valence-corrected chi connectivity index (χ3v) is 1.78. The summed E-state index contributed by atoms with van der Waals surface area (Å²) < 4.78 is 30.2. The third kappa shape index (κ3) is 2.07. The molecule has 78 valence electrons. The van der Waals surface area contributed by atoms with Gasteiger partial charge in [0.25, 0.3) is 5.91 Å². The Kier molecular flexibility index (Phi) is 2.83. The molecule has 0 atom stereocenters. The van der Waals surface area contributed by atoms with E-state index in [2.05, 4.69) is 9.68 Å². The van der Waals surface area contributed by atoms with Gasteiger partial charge in [-0.15, -0.1) is 0 Å². The van der Waals surface area contributed by atoms with Gasteiger partial charge in [-0.25, -0.2) is 0 Å². The fraction of sp³-hybridized carbons (Fsp3) is 0.500. The minimum Gasteiger partial charge on any atom is -0.359 e. The molecule has 0 aliphatic heterocycles. The normalized spacial score (nSPS) is 11.4. The van der Waals surface area contributed by atoms with Gasteiger partial charge in [0, 0.05) is 6.42 Å². The summed E-state index contributed by atoms with van der Waals surface area (Å²) in [5, 5.41) is 5.38. The van der Waals surface area contributed by atoms with Crippen LogP contribution in [-0.4, -0.2) is 17.0 Å². The first-order chi connectivity index (χ1) is 6.47. The highest BCUT2D eigenvalue weighted by Gasteiger charge is 2.36. The third-order valence-electron chi connectivity index (χ3n) is 1.78. The smallest absolute Gasteiger partial charge is 0.324 e. The predicted octanol–water partition coefficient (Wildman–Crippen LogP) is 1.97. The number of alkyl halides is 2. The molecule has 4 nitrogen and oxygen atoms in total. The molecule has 0 fully saturated rings. The summed E-state index contributed by atoms with van der Waals surface area (Å²) >= 11 is 0. The summed E-state index contributed by atoms with van der Waals surface area (Å²) in [5.41, 5.74) is 0.170. The molecule has 0 spiro atoms. The van der Waals surface area contributed by atoms with Crippen molar-refractivity contribution in [3.8, 4) is 0 Å². The highest BCUT2D eigenvalue weighted by molar-refractivity contribution is 5.96. The first-order valence-electron chi connectivity index (χ1n) is 4.08. The fourth-order valence-corrected chi connectivity index (χ4v) is 0.793. The van der Waals surface area contributed by atoms with Gasteiger partial charge in [-0.3, -0.25) is 4.79 Å². The van der Waals surface area contributed by atoms with Crippen molar-refractivity contribution in [3.63, 3.8) is 0 Å². The van der Waals surface area contributed by atoms with Gasteiger partial charge in [0.15, 0.2) is 5.76 Å². The standard InChI is InChI=1S/C8H10F2N2O2/c1-3-8(9,10)7(13)12-6-4-11-14-5(6)2/h4H,3H2,1-2H3,(H,12,13). The molecule has 1 amide bonds. The van der Waals surface area contributed by atoms with E-state index in [-0.39, 0.29) is 5.69 Å². The SMILES string of the molecule is CCC(F)(F)C(=O)Nc1cnoc1C. The number of carbonyl (C=O) groups excluding carboxylic acids is 1. The van der Waals surface area contributed by atoms with E-state index >= 15 is 0 Å². The van der Waals surface area contributed by atoms with E-state index in [9.17, 15) is 13.6 Å². The number of nitrogens with zero attached hydrogens (tertiary/aromatic N) is 1. The van der Waals surface area contributed by atoms with Crippen LogP contribution < -0.4 is 5.32 Å². The zero-order valence-electron chi connectivity index (χ0n) is 7.80. The number of nitrogens with one attached hydrogen (secondary N) is 1. The molecular formula is C8H10F2N2O2.